The van der Waals surface area contributed by atoms with E-state index in [1.165, 1.54) is 6.33 Å². The molecule has 0 saturated heterocycles. The van der Waals surface area contributed by atoms with Gasteiger partial charge >= 0.3 is 0 Å². The van der Waals surface area contributed by atoms with Crippen molar-refractivity contribution in [2.75, 3.05) is 26.3 Å². The van der Waals surface area contributed by atoms with Gasteiger partial charge < -0.3 is 10.1 Å². The number of aromatic amines is 1. The molecule has 0 aliphatic heterocycles. The second-order valence-electron chi connectivity index (χ2n) is 3.57. The Bertz CT molecular complexity index is 326. The molecule has 0 unspecified atom stereocenters. The van der Waals surface area contributed by atoms with Gasteiger partial charge in [0.2, 0.25) is 0 Å². The summed E-state index contributed by atoms with van der Waals surface area (Å²) < 4.78 is 5.42. The fourth-order valence-corrected chi connectivity index (χ4v) is 1.33. The first-order valence-corrected chi connectivity index (χ1v) is 5.96. The summed E-state index contributed by atoms with van der Waals surface area (Å²) in [5.74, 6) is 6.73. The Kier molecular flexibility index (Phi) is 7.90. The molecule has 0 atom stereocenters. The maximum absolute atomic E-state index is 5.42. The average molecular weight is 236 g/mol. The SMILES string of the molecule is CC#CCCOCCCNCCc1ncn[nH]1. The number of nitrogens with one attached hydrogen (secondary N) is 2. The molecule has 0 aromatic carbocycles. The second kappa shape index (κ2) is 9.82. The van der Waals surface area contributed by atoms with Crippen LogP contribution in [0.25, 0.3) is 0 Å². The van der Waals surface area contributed by atoms with Gasteiger partial charge in [-0.2, -0.15) is 5.10 Å². The number of hydrogen-bond donors (Lipinski definition) is 2. The van der Waals surface area contributed by atoms with Crippen molar-refractivity contribution in [1.29, 1.82) is 0 Å². The number of rotatable bonds is 9. The lowest BCUT2D eigenvalue weighted by molar-refractivity contribution is 0.137. The molecule has 0 saturated carbocycles. The van der Waals surface area contributed by atoms with Crippen molar-refractivity contribution in [3.63, 3.8) is 0 Å². The van der Waals surface area contributed by atoms with Gasteiger partial charge in [-0.15, -0.1) is 11.8 Å². The first kappa shape index (κ1) is 13.7. The van der Waals surface area contributed by atoms with E-state index in [2.05, 4.69) is 32.3 Å². The zero-order chi connectivity index (χ0) is 12.2. The Morgan fingerprint density at radius 3 is 3.12 bits per heavy atom. The third-order valence-electron chi connectivity index (χ3n) is 2.19. The highest BCUT2D eigenvalue weighted by Gasteiger charge is 1.94. The van der Waals surface area contributed by atoms with Gasteiger partial charge in [0.1, 0.15) is 12.2 Å². The lowest BCUT2D eigenvalue weighted by atomic mass is 10.4. The molecule has 17 heavy (non-hydrogen) atoms. The van der Waals surface area contributed by atoms with Crippen LogP contribution in [0.4, 0.5) is 0 Å². The zero-order valence-corrected chi connectivity index (χ0v) is 10.3. The Labute approximate surface area is 102 Å². The molecular weight excluding hydrogens is 216 g/mol. The van der Waals surface area contributed by atoms with Crippen molar-refractivity contribution >= 4 is 0 Å². The third kappa shape index (κ3) is 7.50. The molecule has 0 fully saturated rings. The van der Waals surface area contributed by atoms with Gasteiger partial charge in [0, 0.05) is 26.0 Å². The number of ether oxygens (including phenoxy) is 1. The lowest BCUT2D eigenvalue weighted by Gasteiger charge is -2.03. The first-order valence-electron chi connectivity index (χ1n) is 5.96. The van der Waals surface area contributed by atoms with E-state index in [1.807, 2.05) is 6.92 Å². The van der Waals surface area contributed by atoms with Crippen LogP contribution in [0.1, 0.15) is 25.6 Å². The van der Waals surface area contributed by atoms with Crippen LogP contribution in [0.2, 0.25) is 0 Å². The summed E-state index contributed by atoms with van der Waals surface area (Å²) in [5, 5.41) is 9.95. The van der Waals surface area contributed by atoms with Crippen LogP contribution in [0, 0.1) is 11.8 Å². The minimum absolute atomic E-state index is 0.735. The highest BCUT2D eigenvalue weighted by molar-refractivity contribution is 4.94. The smallest absolute Gasteiger partial charge is 0.137 e. The van der Waals surface area contributed by atoms with E-state index in [4.69, 9.17) is 4.74 Å². The van der Waals surface area contributed by atoms with Crippen molar-refractivity contribution in [2.24, 2.45) is 0 Å². The second-order valence-corrected chi connectivity index (χ2v) is 3.57. The largest absolute Gasteiger partial charge is 0.380 e. The quantitative estimate of drug-likeness (QED) is 0.491. The predicted molar refractivity (Wildman–Crippen MR) is 66.5 cm³/mol. The van der Waals surface area contributed by atoms with Gasteiger partial charge in [0.25, 0.3) is 0 Å². The van der Waals surface area contributed by atoms with Crippen molar-refractivity contribution in [3.05, 3.63) is 12.2 Å². The normalized spacial score (nSPS) is 9.94. The van der Waals surface area contributed by atoms with Crippen LogP contribution in [-0.2, 0) is 11.2 Å². The highest BCUT2D eigenvalue weighted by Crippen LogP contribution is 1.87. The average Bonchev–Trinajstić information content (AvgIpc) is 2.85. The first-order chi connectivity index (χ1) is 8.43. The maximum atomic E-state index is 5.42. The van der Waals surface area contributed by atoms with Crippen LogP contribution in [0.3, 0.4) is 0 Å². The fourth-order valence-electron chi connectivity index (χ4n) is 1.33. The number of H-pyrrole nitrogens is 1. The molecule has 0 radical (unpaired) electrons. The molecule has 0 bridgehead atoms. The van der Waals surface area contributed by atoms with E-state index in [0.717, 1.165) is 51.4 Å². The molecule has 0 aliphatic carbocycles. The molecule has 94 valence electrons. The summed E-state index contributed by atoms with van der Waals surface area (Å²) in [6.45, 7) is 5.25. The predicted octanol–water partition coefficient (Wildman–Crippen LogP) is 0.757. The summed E-state index contributed by atoms with van der Waals surface area (Å²) in [5.41, 5.74) is 0. The molecule has 0 aliphatic rings. The van der Waals surface area contributed by atoms with Crippen LogP contribution >= 0.6 is 0 Å². The van der Waals surface area contributed by atoms with Gasteiger partial charge in [-0.3, -0.25) is 5.10 Å². The minimum Gasteiger partial charge on any atom is -0.380 e. The van der Waals surface area contributed by atoms with E-state index in [9.17, 15) is 0 Å². The zero-order valence-electron chi connectivity index (χ0n) is 10.3. The summed E-state index contributed by atoms with van der Waals surface area (Å²) in [7, 11) is 0. The molecular formula is C12H20N4O. The van der Waals surface area contributed by atoms with Crippen LogP contribution in [-0.4, -0.2) is 41.5 Å². The number of hydrogen-bond acceptors (Lipinski definition) is 4. The molecule has 1 aromatic heterocycles. The Hall–Kier alpha value is -1.38. The summed E-state index contributed by atoms with van der Waals surface area (Å²) in [4.78, 5) is 4.05. The van der Waals surface area contributed by atoms with Gasteiger partial charge in [-0.05, 0) is 19.9 Å². The molecule has 0 spiro atoms. The van der Waals surface area contributed by atoms with Crippen molar-refractivity contribution < 1.29 is 4.74 Å². The third-order valence-corrected chi connectivity index (χ3v) is 2.19. The summed E-state index contributed by atoms with van der Waals surface area (Å²) >= 11 is 0. The topological polar surface area (TPSA) is 62.8 Å². The van der Waals surface area contributed by atoms with Gasteiger partial charge in [-0.25, -0.2) is 4.98 Å². The van der Waals surface area contributed by atoms with Gasteiger partial charge in [0.15, 0.2) is 0 Å². The molecule has 1 aromatic rings. The Balaban J connectivity index is 1.79. The van der Waals surface area contributed by atoms with E-state index in [1.54, 1.807) is 0 Å². The van der Waals surface area contributed by atoms with Gasteiger partial charge in [-0.1, -0.05) is 0 Å². The Morgan fingerprint density at radius 2 is 2.35 bits per heavy atom. The molecule has 5 nitrogen and oxygen atoms in total. The van der Waals surface area contributed by atoms with Crippen LogP contribution < -0.4 is 5.32 Å². The molecule has 5 heteroatoms. The molecule has 1 rings (SSSR count). The lowest BCUT2D eigenvalue weighted by Crippen LogP contribution is -2.20. The summed E-state index contributed by atoms with van der Waals surface area (Å²) in [6.07, 6.45) is 4.26. The van der Waals surface area contributed by atoms with E-state index in [-0.39, 0.29) is 0 Å². The molecule has 0 amide bonds. The van der Waals surface area contributed by atoms with E-state index < -0.39 is 0 Å². The fraction of sp³-hybridized carbons (Fsp3) is 0.667. The Morgan fingerprint density at radius 1 is 1.41 bits per heavy atom. The highest BCUT2D eigenvalue weighted by atomic mass is 16.5. The monoisotopic (exact) mass is 236 g/mol. The number of aromatic nitrogens is 3. The standard InChI is InChI=1S/C12H20N4O/c1-2-3-4-9-17-10-5-7-13-8-6-12-14-11-15-16-12/h11,13H,4-10H2,1H3,(H,14,15,16). The van der Waals surface area contributed by atoms with Crippen molar-refractivity contribution in [2.45, 2.75) is 26.2 Å². The van der Waals surface area contributed by atoms with Crippen molar-refractivity contribution in [1.82, 2.24) is 20.5 Å². The van der Waals surface area contributed by atoms with Crippen LogP contribution in [0.15, 0.2) is 6.33 Å². The van der Waals surface area contributed by atoms with Crippen molar-refractivity contribution in [3.8, 4) is 11.8 Å². The maximum Gasteiger partial charge on any atom is 0.137 e. The minimum atomic E-state index is 0.735. The van der Waals surface area contributed by atoms with Crippen LogP contribution in [0.5, 0.6) is 0 Å². The van der Waals surface area contributed by atoms with E-state index in [0.29, 0.717) is 0 Å². The molecule has 1 heterocycles. The number of nitrogens with zero attached hydrogens (tertiary/aromatic N) is 2. The van der Waals surface area contributed by atoms with E-state index >= 15 is 0 Å². The summed E-state index contributed by atoms with van der Waals surface area (Å²) in [6, 6.07) is 0. The molecule has 2 N–H and O–H groups in total. The van der Waals surface area contributed by atoms with Gasteiger partial charge in [0.05, 0.1) is 6.61 Å².